The van der Waals surface area contributed by atoms with Crippen LogP contribution in [0.1, 0.15) is 18.6 Å². The zero-order valence-corrected chi connectivity index (χ0v) is 12.7. The molecule has 110 valence electrons. The second kappa shape index (κ2) is 7.04. The zero-order chi connectivity index (χ0) is 15.2. The summed E-state index contributed by atoms with van der Waals surface area (Å²) in [4.78, 5) is 14.0. The number of nitrogens with zero attached hydrogens (tertiary/aromatic N) is 1. The summed E-state index contributed by atoms with van der Waals surface area (Å²) in [6.45, 7) is 2.40. The molecule has 0 aliphatic heterocycles. The Kier molecular flexibility index (Phi) is 5.12. The normalized spacial score (nSPS) is 12.0. The number of carbonyl (C=O) groups excluding carboxylic acids is 1. The van der Waals surface area contributed by atoms with E-state index in [1.54, 1.807) is 19.0 Å². The van der Waals surface area contributed by atoms with Crippen molar-refractivity contribution in [3.63, 3.8) is 0 Å². The summed E-state index contributed by atoms with van der Waals surface area (Å²) in [6.07, 6.45) is -0.568. The van der Waals surface area contributed by atoms with Crippen molar-refractivity contribution in [2.24, 2.45) is 0 Å². The summed E-state index contributed by atoms with van der Waals surface area (Å²) in [5, 5.41) is 0. The van der Waals surface area contributed by atoms with E-state index in [9.17, 15) is 4.79 Å². The van der Waals surface area contributed by atoms with Crippen molar-refractivity contribution in [1.29, 1.82) is 0 Å². The van der Waals surface area contributed by atoms with Crippen LogP contribution in [0.5, 0.6) is 0 Å². The van der Waals surface area contributed by atoms with Crippen molar-refractivity contribution in [2.45, 2.75) is 13.0 Å². The molecule has 2 aromatic rings. The Morgan fingerprint density at radius 2 is 1.67 bits per heavy atom. The third-order valence-corrected chi connectivity index (χ3v) is 3.33. The van der Waals surface area contributed by atoms with Gasteiger partial charge in [-0.15, -0.1) is 0 Å². The highest BCUT2D eigenvalue weighted by molar-refractivity contribution is 5.85. The van der Waals surface area contributed by atoms with Crippen LogP contribution in [0.4, 0.5) is 0 Å². The number of benzene rings is 2. The number of rotatable bonds is 5. The van der Waals surface area contributed by atoms with E-state index in [1.807, 2.05) is 61.5 Å². The van der Waals surface area contributed by atoms with Gasteiger partial charge in [-0.05, 0) is 23.6 Å². The first-order chi connectivity index (χ1) is 10.1. The second-order valence-electron chi connectivity index (χ2n) is 5.02. The lowest BCUT2D eigenvalue weighted by atomic mass is 9.95. The predicted molar refractivity (Wildman–Crippen MR) is 84.9 cm³/mol. The van der Waals surface area contributed by atoms with E-state index >= 15 is 0 Å². The van der Waals surface area contributed by atoms with Crippen LogP contribution in [0, 0.1) is 0 Å². The molecule has 21 heavy (non-hydrogen) atoms. The van der Waals surface area contributed by atoms with Gasteiger partial charge in [0.25, 0.3) is 5.91 Å². The Balaban J connectivity index is 2.49. The van der Waals surface area contributed by atoms with Crippen molar-refractivity contribution in [2.75, 3.05) is 20.7 Å². The summed E-state index contributed by atoms with van der Waals surface area (Å²) in [7, 11) is 3.50. The van der Waals surface area contributed by atoms with Crippen molar-refractivity contribution < 1.29 is 9.53 Å². The van der Waals surface area contributed by atoms with Gasteiger partial charge in [0.05, 0.1) is 0 Å². The van der Waals surface area contributed by atoms with Crippen LogP contribution in [0.25, 0.3) is 11.1 Å². The topological polar surface area (TPSA) is 29.5 Å². The fourth-order valence-electron chi connectivity index (χ4n) is 2.30. The van der Waals surface area contributed by atoms with E-state index in [4.69, 9.17) is 4.74 Å². The van der Waals surface area contributed by atoms with Gasteiger partial charge in [-0.25, -0.2) is 0 Å². The molecule has 1 amide bonds. The van der Waals surface area contributed by atoms with E-state index < -0.39 is 6.10 Å². The molecule has 2 aromatic carbocycles. The molecule has 1 atom stereocenters. The number of likely N-dealkylation sites (N-methyl/N-ethyl adjacent to an activating group) is 1. The maximum atomic E-state index is 12.4. The zero-order valence-electron chi connectivity index (χ0n) is 12.7. The lowest BCUT2D eigenvalue weighted by Crippen LogP contribution is -2.30. The van der Waals surface area contributed by atoms with Crippen molar-refractivity contribution in [1.82, 2.24) is 4.90 Å². The number of carbonyl (C=O) groups is 1. The Bertz CT molecular complexity index is 593. The average Bonchev–Trinajstić information content (AvgIpc) is 2.53. The lowest BCUT2D eigenvalue weighted by Gasteiger charge is -2.23. The van der Waals surface area contributed by atoms with Gasteiger partial charge in [-0.3, -0.25) is 4.79 Å². The minimum Gasteiger partial charge on any atom is -0.364 e. The third kappa shape index (κ3) is 3.50. The molecule has 2 rings (SSSR count). The summed E-state index contributed by atoms with van der Waals surface area (Å²) in [6, 6.07) is 18.0. The van der Waals surface area contributed by atoms with E-state index in [0.717, 1.165) is 16.7 Å². The molecule has 0 bridgehead atoms. The van der Waals surface area contributed by atoms with Crippen LogP contribution < -0.4 is 0 Å². The van der Waals surface area contributed by atoms with Gasteiger partial charge in [0.1, 0.15) is 0 Å². The maximum absolute atomic E-state index is 12.4. The monoisotopic (exact) mass is 283 g/mol. The quantitative estimate of drug-likeness (QED) is 0.840. The van der Waals surface area contributed by atoms with E-state index in [0.29, 0.717) is 6.61 Å². The van der Waals surface area contributed by atoms with Gasteiger partial charge < -0.3 is 9.64 Å². The van der Waals surface area contributed by atoms with Crippen molar-refractivity contribution in [3.05, 3.63) is 60.2 Å². The molecule has 3 nitrogen and oxygen atoms in total. The lowest BCUT2D eigenvalue weighted by molar-refractivity contribution is -0.141. The molecule has 0 N–H and O–H groups in total. The minimum absolute atomic E-state index is 0.0415. The largest absolute Gasteiger partial charge is 0.364 e. The molecule has 0 saturated carbocycles. The van der Waals surface area contributed by atoms with Crippen LogP contribution in [-0.4, -0.2) is 31.5 Å². The summed E-state index contributed by atoms with van der Waals surface area (Å²) in [5.74, 6) is -0.0415. The van der Waals surface area contributed by atoms with Crippen molar-refractivity contribution in [3.8, 4) is 11.1 Å². The van der Waals surface area contributed by atoms with Gasteiger partial charge in [0.2, 0.25) is 0 Å². The van der Waals surface area contributed by atoms with Gasteiger partial charge in [-0.1, -0.05) is 54.6 Å². The van der Waals surface area contributed by atoms with Crippen LogP contribution in [-0.2, 0) is 9.53 Å². The molecule has 0 radical (unpaired) electrons. The first kappa shape index (κ1) is 15.3. The molecule has 0 aromatic heterocycles. The second-order valence-corrected chi connectivity index (χ2v) is 5.02. The highest BCUT2D eigenvalue weighted by atomic mass is 16.5. The molecule has 0 aliphatic rings. The molecule has 0 spiro atoms. The van der Waals surface area contributed by atoms with E-state index in [2.05, 4.69) is 0 Å². The summed E-state index contributed by atoms with van der Waals surface area (Å²) in [5.41, 5.74) is 3.03. The predicted octanol–water partition coefficient (Wildman–Crippen LogP) is 3.52. The molecule has 0 heterocycles. The molecule has 0 fully saturated rings. The maximum Gasteiger partial charge on any atom is 0.255 e. The average molecular weight is 283 g/mol. The van der Waals surface area contributed by atoms with Gasteiger partial charge >= 0.3 is 0 Å². The fourth-order valence-corrected chi connectivity index (χ4v) is 2.30. The summed E-state index contributed by atoms with van der Waals surface area (Å²) < 4.78 is 5.72. The van der Waals surface area contributed by atoms with E-state index in [-0.39, 0.29) is 5.91 Å². The van der Waals surface area contributed by atoms with Crippen LogP contribution >= 0.6 is 0 Å². The smallest absolute Gasteiger partial charge is 0.255 e. The number of hydrogen-bond donors (Lipinski definition) is 0. The fraction of sp³-hybridized carbons (Fsp3) is 0.278. The highest BCUT2D eigenvalue weighted by Crippen LogP contribution is 2.30. The van der Waals surface area contributed by atoms with E-state index in [1.165, 1.54) is 0 Å². The molecular weight excluding hydrogens is 262 g/mol. The SMILES string of the molecule is CCOC(C(=O)N(C)C)c1ccccc1-c1ccccc1. The van der Waals surface area contributed by atoms with Gasteiger partial charge in [0.15, 0.2) is 6.10 Å². The molecular formula is C18H21NO2. The van der Waals surface area contributed by atoms with Gasteiger partial charge in [0, 0.05) is 20.7 Å². The first-order valence-corrected chi connectivity index (χ1v) is 7.12. The van der Waals surface area contributed by atoms with Crippen molar-refractivity contribution >= 4 is 5.91 Å². The Morgan fingerprint density at radius 1 is 1.05 bits per heavy atom. The molecule has 1 unspecified atom stereocenters. The van der Waals surface area contributed by atoms with Crippen LogP contribution in [0.15, 0.2) is 54.6 Å². The Morgan fingerprint density at radius 3 is 2.29 bits per heavy atom. The number of hydrogen-bond acceptors (Lipinski definition) is 2. The number of amides is 1. The highest BCUT2D eigenvalue weighted by Gasteiger charge is 2.25. The van der Waals surface area contributed by atoms with Gasteiger partial charge in [-0.2, -0.15) is 0 Å². The molecule has 3 heteroatoms. The van der Waals surface area contributed by atoms with Crippen LogP contribution in [0.3, 0.4) is 0 Å². The standard InChI is InChI=1S/C18H21NO2/c1-4-21-17(18(20)19(2)3)16-13-9-8-12-15(16)14-10-6-5-7-11-14/h5-13,17H,4H2,1-3H3. The van der Waals surface area contributed by atoms with Crippen LogP contribution in [0.2, 0.25) is 0 Å². The summed E-state index contributed by atoms with van der Waals surface area (Å²) >= 11 is 0. The first-order valence-electron chi connectivity index (χ1n) is 7.12. The minimum atomic E-state index is -0.568. The third-order valence-electron chi connectivity index (χ3n) is 3.33. The molecule has 0 saturated heterocycles. The Hall–Kier alpha value is -2.13. The number of ether oxygens (including phenoxy) is 1. The molecule has 0 aliphatic carbocycles. The Labute approximate surface area is 126 Å².